The van der Waals surface area contributed by atoms with Crippen LogP contribution in [0.5, 0.6) is 5.75 Å². The van der Waals surface area contributed by atoms with E-state index in [2.05, 4.69) is 5.32 Å². The van der Waals surface area contributed by atoms with Crippen LogP contribution in [0.3, 0.4) is 0 Å². The van der Waals surface area contributed by atoms with Crippen molar-refractivity contribution in [1.29, 1.82) is 0 Å². The second-order valence-corrected chi connectivity index (χ2v) is 8.69. The van der Waals surface area contributed by atoms with Gasteiger partial charge in [0.25, 0.3) is 5.91 Å². The van der Waals surface area contributed by atoms with Crippen molar-refractivity contribution >= 4 is 35.1 Å². The molecule has 1 aliphatic heterocycles. The van der Waals surface area contributed by atoms with Gasteiger partial charge in [0.2, 0.25) is 5.78 Å². The molecule has 1 aliphatic rings. The van der Waals surface area contributed by atoms with Crippen LogP contribution in [0.2, 0.25) is 0 Å². The van der Waals surface area contributed by atoms with E-state index < -0.39 is 11.8 Å². The summed E-state index contributed by atoms with van der Waals surface area (Å²) in [5, 5.41) is 2.77. The number of nitrogens with zero attached hydrogens (tertiary/aromatic N) is 1. The van der Waals surface area contributed by atoms with Gasteiger partial charge in [-0.3, -0.25) is 9.59 Å². The summed E-state index contributed by atoms with van der Waals surface area (Å²) >= 11 is 0. The fourth-order valence-corrected chi connectivity index (χ4v) is 4.04. The lowest BCUT2D eigenvalue weighted by atomic mass is 10.1. The number of carbonyl (C=O) groups excluding carboxylic acids is 3. The zero-order valence-electron chi connectivity index (χ0n) is 21.2. The van der Waals surface area contributed by atoms with E-state index in [1.54, 1.807) is 54.3 Å². The van der Waals surface area contributed by atoms with Crippen molar-refractivity contribution in [2.24, 2.45) is 0 Å². The zero-order valence-corrected chi connectivity index (χ0v) is 21.2. The maximum atomic E-state index is 13.3. The van der Waals surface area contributed by atoms with Gasteiger partial charge in [0.1, 0.15) is 11.3 Å². The number of hydrogen-bond donors (Lipinski definition) is 1. The van der Waals surface area contributed by atoms with Crippen LogP contribution in [0.25, 0.3) is 6.08 Å². The van der Waals surface area contributed by atoms with Gasteiger partial charge in [-0.1, -0.05) is 36.4 Å². The summed E-state index contributed by atoms with van der Waals surface area (Å²) in [6.07, 6.45) is 1.73. The predicted molar refractivity (Wildman–Crippen MR) is 143 cm³/mol. The number of rotatable bonds is 7. The number of aryl methyl sites for hydroxylation is 2. The minimum absolute atomic E-state index is 0.0105. The Kier molecular flexibility index (Phi) is 7.53. The van der Waals surface area contributed by atoms with Crippen molar-refractivity contribution in [3.63, 3.8) is 0 Å². The molecule has 0 aromatic heterocycles. The number of carbonyl (C=O) groups is 3. The molecule has 0 radical (unpaired) electrons. The Balaban J connectivity index is 1.55. The van der Waals surface area contributed by atoms with Gasteiger partial charge in [-0.25, -0.2) is 4.79 Å². The average Bonchev–Trinajstić information content (AvgIpc) is 3.14. The standard InChI is InChI=1S/C30H28N2O5/c1-19-10-13-24(16-20(19)2)32-21(3)28(30(35)36-4)29(34)26(32)17-22-11-14-25(15-12-22)37-18-27(33)31-23-8-6-5-7-9-23/h5-17H,18H2,1-4H3,(H,31,33)/b26-17-. The molecule has 3 aromatic rings. The van der Waals surface area contributed by atoms with Crippen molar-refractivity contribution < 1.29 is 23.9 Å². The van der Waals surface area contributed by atoms with E-state index in [-0.39, 0.29) is 18.1 Å². The molecular weight excluding hydrogens is 468 g/mol. The number of nitrogens with one attached hydrogen (secondary N) is 1. The van der Waals surface area contributed by atoms with Crippen LogP contribution in [0, 0.1) is 13.8 Å². The van der Waals surface area contributed by atoms with E-state index in [4.69, 9.17) is 9.47 Å². The smallest absolute Gasteiger partial charge is 0.343 e. The van der Waals surface area contributed by atoms with Gasteiger partial charge in [0.05, 0.1) is 12.8 Å². The second kappa shape index (κ2) is 11.0. The van der Waals surface area contributed by atoms with Gasteiger partial charge < -0.3 is 19.7 Å². The van der Waals surface area contributed by atoms with Crippen molar-refractivity contribution in [3.05, 3.63) is 106 Å². The molecule has 37 heavy (non-hydrogen) atoms. The maximum Gasteiger partial charge on any atom is 0.343 e. The number of ether oxygens (including phenoxy) is 2. The number of amides is 1. The highest BCUT2D eigenvalue weighted by Crippen LogP contribution is 2.36. The predicted octanol–water partition coefficient (Wildman–Crippen LogP) is 5.20. The molecule has 4 rings (SSSR count). The summed E-state index contributed by atoms with van der Waals surface area (Å²) in [5.74, 6) is -0.828. The SMILES string of the molecule is COC(=O)C1=C(C)N(c2ccc(C)c(C)c2)/C(=C\c2ccc(OCC(=O)Nc3ccccc3)cc2)C1=O. The topological polar surface area (TPSA) is 84.9 Å². The molecule has 0 aliphatic carbocycles. The van der Waals surface area contributed by atoms with Gasteiger partial charge in [-0.15, -0.1) is 0 Å². The summed E-state index contributed by atoms with van der Waals surface area (Å²) < 4.78 is 10.5. The van der Waals surface area contributed by atoms with E-state index >= 15 is 0 Å². The van der Waals surface area contributed by atoms with Crippen LogP contribution >= 0.6 is 0 Å². The van der Waals surface area contributed by atoms with Crippen molar-refractivity contribution in [3.8, 4) is 5.75 Å². The number of Topliss-reactive ketones (excluding diaryl/α,β-unsaturated/α-hetero) is 1. The van der Waals surface area contributed by atoms with Crippen molar-refractivity contribution in [2.75, 3.05) is 23.9 Å². The van der Waals surface area contributed by atoms with Crippen LogP contribution in [0.4, 0.5) is 11.4 Å². The van der Waals surface area contributed by atoms with Gasteiger partial charge >= 0.3 is 5.97 Å². The Morgan fingerprint density at radius 2 is 1.62 bits per heavy atom. The fourth-order valence-electron chi connectivity index (χ4n) is 4.04. The van der Waals surface area contributed by atoms with E-state index in [1.807, 2.05) is 50.2 Å². The molecule has 1 amide bonds. The summed E-state index contributed by atoms with van der Waals surface area (Å²) in [4.78, 5) is 39.6. The van der Waals surface area contributed by atoms with Crippen LogP contribution < -0.4 is 15.0 Å². The first kappa shape index (κ1) is 25.4. The third-order valence-corrected chi connectivity index (χ3v) is 6.15. The molecule has 0 spiro atoms. The number of allylic oxidation sites excluding steroid dienone is 2. The summed E-state index contributed by atoms with van der Waals surface area (Å²) in [5.41, 5.74) is 5.27. The minimum Gasteiger partial charge on any atom is -0.484 e. The van der Waals surface area contributed by atoms with Gasteiger partial charge in [0, 0.05) is 17.1 Å². The Labute approximate surface area is 216 Å². The third-order valence-electron chi connectivity index (χ3n) is 6.15. The van der Waals surface area contributed by atoms with E-state index in [1.165, 1.54) is 7.11 Å². The van der Waals surface area contributed by atoms with E-state index in [9.17, 15) is 14.4 Å². The van der Waals surface area contributed by atoms with Crippen LogP contribution in [0.1, 0.15) is 23.6 Å². The molecule has 0 saturated heterocycles. The molecule has 0 unspecified atom stereocenters. The number of hydrogen-bond acceptors (Lipinski definition) is 6. The summed E-state index contributed by atoms with van der Waals surface area (Å²) in [6, 6.07) is 22.1. The molecule has 0 fully saturated rings. The monoisotopic (exact) mass is 496 g/mol. The number of methoxy groups -OCH3 is 1. The molecule has 1 heterocycles. The normalized spacial score (nSPS) is 14.2. The van der Waals surface area contributed by atoms with E-state index in [0.717, 1.165) is 22.4 Å². The molecule has 0 saturated carbocycles. The number of para-hydroxylation sites is 1. The summed E-state index contributed by atoms with van der Waals surface area (Å²) in [6.45, 7) is 5.61. The molecule has 0 bridgehead atoms. The highest BCUT2D eigenvalue weighted by atomic mass is 16.5. The molecule has 7 nitrogen and oxygen atoms in total. The highest BCUT2D eigenvalue weighted by Gasteiger charge is 2.38. The largest absolute Gasteiger partial charge is 0.484 e. The van der Waals surface area contributed by atoms with Gasteiger partial charge in [0.15, 0.2) is 6.61 Å². The van der Waals surface area contributed by atoms with Crippen LogP contribution in [0.15, 0.2) is 89.8 Å². The van der Waals surface area contributed by atoms with Crippen molar-refractivity contribution in [2.45, 2.75) is 20.8 Å². The number of ketones is 1. The van der Waals surface area contributed by atoms with Gasteiger partial charge in [-0.05, 0) is 79.9 Å². The molecule has 3 aromatic carbocycles. The first-order valence-electron chi connectivity index (χ1n) is 11.8. The molecule has 188 valence electrons. The molecule has 0 atom stereocenters. The highest BCUT2D eigenvalue weighted by molar-refractivity contribution is 6.30. The quantitative estimate of drug-likeness (QED) is 0.275. The summed E-state index contributed by atoms with van der Waals surface area (Å²) in [7, 11) is 1.26. The lowest BCUT2D eigenvalue weighted by Gasteiger charge is -2.22. The first-order valence-corrected chi connectivity index (χ1v) is 11.8. The molecular formula is C30H28N2O5. The Bertz CT molecular complexity index is 1410. The van der Waals surface area contributed by atoms with Gasteiger partial charge in [-0.2, -0.15) is 0 Å². The lowest BCUT2D eigenvalue weighted by molar-refractivity contribution is -0.137. The lowest BCUT2D eigenvalue weighted by Crippen LogP contribution is -2.20. The van der Waals surface area contributed by atoms with E-state index in [0.29, 0.717) is 22.8 Å². The van der Waals surface area contributed by atoms with Crippen LogP contribution in [-0.4, -0.2) is 31.4 Å². The average molecular weight is 497 g/mol. The fraction of sp³-hybridized carbons (Fsp3) is 0.167. The Morgan fingerprint density at radius 1 is 0.919 bits per heavy atom. The number of esters is 1. The van der Waals surface area contributed by atoms with Crippen molar-refractivity contribution in [1.82, 2.24) is 0 Å². The maximum absolute atomic E-state index is 13.3. The Hall–Kier alpha value is -4.65. The first-order chi connectivity index (χ1) is 17.8. The third kappa shape index (κ3) is 5.62. The second-order valence-electron chi connectivity index (χ2n) is 8.69. The molecule has 7 heteroatoms. The van der Waals surface area contributed by atoms with Crippen LogP contribution in [-0.2, 0) is 19.1 Å². The molecule has 1 N–H and O–H groups in total. The minimum atomic E-state index is -0.669. The zero-order chi connectivity index (χ0) is 26.5. The Morgan fingerprint density at radius 3 is 2.27 bits per heavy atom. The number of benzene rings is 3. The number of anilines is 2.